The van der Waals surface area contributed by atoms with Gasteiger partial charge >= 0.3 is 0 Å². The van der Waals surface area contributed by atoms with E-state index in [1.54, 1.807) is 0 Å². The maximum atomic E-state index is 6.83. The van der Waals surface area contributed by atoms with Crippen molar-refractivity contribution in [2.24, 2.45) is 0 Å². The molecule has 0 fully saturated rings. The molecule has 0 spiro atoms. The predicted molar refractivity (Wildman–Crippen MR) is 204 cm³/mol. The summed E-state index contributed by atoms with van der Waals surface area (Å²) in [5, 5.41) is 12.0. The molecule has 0 saturated heterocycles. The molecule has 10 rings (SSSR count). The molecule has 2 heteroatoms. The second-order valence-electron chi connectivity index (χ2n) is 12.5. The zero-order valence-electron chi connectivity index (χ0n) is 26.1. The van der Waals surface area contributed by atoms with Gasteiger partial charge in [-0.05, 0) is 79.7 Å². The van der Waals surface area contributed by atoms with E-state index in [2.05, 4.69) is 181 Å². The molecule has 0 aliphatic heterocycles. The highest BCUT2D eigenvalue weighted by Crippen LogP contribution is 2.48. The van der Waals surface area contributed by atoms with Crippen molar-refractivity contribution in [2.45, 2.75) is 0 Å². The number of para-hydroxylation sites is 1. The van der Waals surface area contributed by atoms with Crippen LogP contribution in [0, 0.1) is 0 Å². The third-order valence-electron chi connectivity index (χ3n) is 9.82. The van der Waals surface area contributed by atoms with E-state index in [9.17, 15) is 0 Å². The summed E-state index contributed by atoms with van der Waals surface area (Å²) in [4.78, 5) is 2.42. The molecule has 0 bridgehead atoms. The van der Waals surface area contributed by atoms with E-state index in [1.165, 1.54) is 43.1 Å². The van der Waals surface area contributed by atoms with Gasteiger partial charge in [0.2, 0.25) is 0 Å². The van der Waals surface area contributed by atoms with Crippen LogP contribution in [-0.4, -0.2) is 0 Å². The van der Waals surface area contributed by atoms with E-state index in [4.69, 9.17) is 4.42 Å². The minimum Gasteiger partial charge on any atom is -0.455 e. The largest absolute Gasteiger partial charge is 0.455 e. The number of nitrogens with zero attached hydrogens (tertiary/aromatic N) is 1. The van der Waals surface area contributed by atoms with Crippen LogP contribution in [0.15, 0.2) is 180 Å². The van der Waals surface area contributed by atoms with Crippen LogP contribution in [0.4, 0.5) is 17.1 Å². The van der Waals surface area contributed by atoms with E-state index in [0.717, 1.165) is 50.1 Å². The molecule has 0 unspecified atom stereocenters. The number of fused-ring (bicyclic) bond motifs is 8. The Bertz CT molecular complexity index is 2850. The quantitative estimate of drug-likeness (QED) is 0.184. The fourth-order valence-corrected chi connectivity index (χ4v) is 7.62. The summed E-state index contributed by atoms with van der Waals surface area (Å²) in [6, 6.07) is 63.3. The molecule has 0 aliphatic carbocycles. The van der Waals surface area contributed by atoms with Gasteiger partial charge in [0.15, 0.2) is 0 Å². The maximum absolute atomic E-state index is 6.83. The van der Waals surface area contributed by atoms with Crippen molar-refractivity contribution < 1.29 is 4.42 Å². The second-order valence-corrected chi connectivity index (χ2v) is 12.5. The van der Waals surface area contributed by atoms with Crippen molar-refractivity contribution in [3.63, 3.8) is 0 Å². The van der Waals surface area contributed by atoms with Crippen LogP contribution in [-0.2, 0) is 0 Å². The molecule has 0 saturated carbocycles. The van der Waals surface area contributed by atoms with Crippen molar-refractivity contribution in [1.29, 1.82) is 0 Å². The minimum absolute atomic E-state index is 0.879. The minimum atomic E-state index is 0.879. The molecular formula is C46H29NO. The Balaban J connectivity index is 1.31. The predicted octanol–water partition coefficient (Wildman–Crippen LogP) is 13.3. The van der Waals surface area contributed by atoms with Gasteiger partial charge in [0, 0.05) is 22.0 Å². The SMILES string of the molecule is c1ccc2c(-c3ccc(N(c4ccc5c(ccc6ccccc65)c4)c4cccc5ccccc45)c4c3oc3ccccc34)cccc2c1. The highest BCUT2D eigenvalue weighted by Gasteiger charge is 2.24. The monoisotopic (exact) mass is 611 g/mol. The van der Waals surface area contributed by atoms with Gasteiger partial charge in [0.25, 0.3) is 0 Å². The first-order valence-electron chi connectivity index (χ1n) is 16.4. The van der Waals surface area contributed by atoms with E-state index in [1.807, 2.05) is 0 Å². The first-order chi connectivity index (χ1) is 23.8. The number of benzene rings is 9. The van der Waals surface area contributed by atoms with Gasteiger partial charge in [0.1, 0.15) is 11.2 Å². The molecule has 0 radical (unpaired) electrons. The van der Waals surface area contributed by atoms with Crippen molar-refractivity contribution >= 4 is 82.1 Å². The molecule has 2 nitrogen and oxygen atoms in total. The van der Waals surface area contributed by atoms with Crippen molar-refractivity contribution in [1.82, 2.24) is 0 Å². The highest BCUT2D eigenvalue weighted by molar-refractivity contribution is 6.19. The Morgan fingerprint density at radius 2 is 0.958 bits per heavy atom. The fourth-order valence-electron chi connectivity index (χ4n) is 7.62. The lowest BCUT2D eigenvalue weighted by Crippen LogP contribution is -2.11. The number of furan rings is 1. The van der Waals surface area contributed by atoms with E-state index in [0.29, 0.717) is 0 Å². The Morgan fingerprint density at radius 1 is 0.354 bits per heavy atom. The van der Waals surface area contributed by atoms with Crippen LogP contribution in [0.25, 0.3) is 76.2 Å². The average molecular weight is 612 g/mol. The summed E-state index contributed by atoms with van der Waals surface area (Å²) in [5.74, 6) is 0. The summed E-state index contributed by atoms with van der Waals surface area (Å²) in [7, 11) is 0. The van der Waals surface area contributed by atoms with Crippen LogP contribution in [0.5, 0.6) is 0 Å². The number of rotatable bonds is 4. The standard InChI is InChI=1S/C46H29NO/c1-5-17-36-30(11-1)14-9-20-39(36)40-27-28-43(45-41-19-7-8-22-44(41)48-46(40)45)47(42-21-10-15-31-12-3-6-18-38(31)42)34-25-26-37-33(29-34)24-23-32-13-2-4-16-35(32)37/h1-29H. The third kappa shape index (κ3) is 4.06. The van der Waals surface area contributed by atoms with E-state index >= 15 is 0 Å². The summed E-state index contributed by atoms with van der Waals surface area (Å²) in [6.45, 7) is 0. The fraction of sp³-hybridized carbons (Fsp3) is 0. The van der Waals surface area contributed by atoms with Gasteiger partial charge in [-0.2, -0.15) is 0 Å². The molecular weight excluding hydrogens is 583 g/mol. The van der Waals surface area contributed by atoms with Crippen molar-refractivity contribution in [2.75, 3.05) is 4.90 Å². The van der Waals surface area contributed by atoms with Gasteiger partial charge in [-0.15, -0.1) is 0 Å². The molecule has 1 aromatic heterocycles. The lowest BCUT2D eigenvalue weighted by atomic mass is 9.95. The molecule has 10 aromatic rings. The summed E-state index contributed by atoms with van der Waals surface area (Å²) in [6.07, 6.45) is 0. The Labute approximate surface area is 277 Å². The molecule has 0 atom stereocenters. The molecule has 48 heavy (non-hydrogen) atoms. The number of hydrogen-bond donors (Lipinski definition) is 0. The van der Waals surface area contributed by atoms with Crippen LogP contribution in [0.1, 0.15) is 0 Å². The molecule has 0 amide bonds. The van der Waals surface area contributed by atoms with Crippen LogP contribution in [0.3, 0.4) is 0 Å². The van der Waals surface area contributed by atoms with Crippen molar-refractivity contribution in [3.05, 3.63) is 176 Å². The third-order valence-corrected chi connectivity index (χ3v) is 9.82. The Kier molecular flexibility index (Phi) is 5.91. The Morgan fingerprint density at radius 3 is 1.79 bits per heavy atom. The zero-order valence-corrected chi connectivity index (χ0v) is 26.1. The normalized spacial score (nSPS) is 11.8. The van der Waals surface area contributed by atoms with Gasteiger partial charge < -0.3 is 9.32 Å². The van der Waals surface area contributed by atoms with Gasteiger partial charge in [-0.25, -0.2) is 0 Å². The van der Waals surface area contributed by atoms with Crippen molar-refractivity contribution in [3.8, 4) is 11.1 Å². The van der Waals surface area contributed by atoms with Gasteiger partial charge in [-0.1, -0.05) is 140 Å². The van der Waals surface area contributed by atoms with Crippen LogP contribution < -0.4 is 4.90 Å². The van der Waals surface area contributed by atoms with Crippen LogP contribution >= 0.6 is 0 Å². The first kappa shape index (κ1) is 26.8. The topological polar surface area (TPSA) is 16.4 Å². The van der Waals surface area contributed by atoms with Crippen LogP contribution in [0.2, 0.25) is 0 Å². The highest BCUT2D eigenvalue weighted by atomic mass is 16.3. The second kappa shape index (κ2) is 10.6. The number of anilines is 3. The van der Waals surface area contributed by atoms with Gasteiger partial charge in [-0.3, -0.25) is 0 Å². The molecule has 1 heterocycles. The maximum Gasteiger partial charge on any atom is 0.145 e. The van der Waals surface area contributed by atoms with E-state index in [-0.39, 0.29) is 0 Å². The van der Waals surface area contributed by atoms with E-state index < -0.39 is 0 Å². The average Bonchev–Trinajstić information content (AvgIpc) is 3.55. The molecule has 224 valence electrons. The zero-order chi connectivity index (χ0) is 31.6. The first-order valence-corrected chi connectivity index (χ1v) is 16.4. The smallest absolute Gasteiger partial charge is 0.145 e. The molecule has 0 aliphatic rings. The molecule has 0 N–H and O–H groups in total. The summed E-state index contributed by atoms with van der Waals surface area (Å²) >= 11 is 0. The summed E-state index contributed by atoms with van der Waals surface area (Å²) < 4.78 is 6.83. The van der Waals surface area contributed by atoms with Gasteiger partial charge in [0.05, 0.1) is 16.8 Å². The summed E-state index contributed by atoms with van der Waals surface area (Å²) in [5.41, 5.74) is 7.32. The lowest BCUT2D eigenvalue weighted by Gasteiger charge is -2.28. The molecule has 9 aromatic carbocycles. The Hall–Kier alpha value is -6.38. The lowest BCUT2D eigenvalue weighted by molar-refractivity contribution is 0.670. The number of hydrogen-bond acceptors (Lipinski definition) is 2.